The number of hydrogen-bond donors (Lipinski definition) is 2. The molecule has 0 saturated heterocycles. The highest BCUT2D eigenvalue weighted by atomic mass is 19.3. The Morgan fingerprint density at radius 1 is 1.40 bits per heavy atom. The number of nitrogens with one attached hydrogen (secondary N) is 1. The van der Waals surface area contributed by atoms with Crippen LogP contribution in [-0.4, -0.2) is 19.7 Å². The van der Waals surface area contributed by atoms with Crippen molar-refractivity contribution in [1.29, 1.82) is 0 Å². The average Bonchev–Trinajstić information content (AvgIpc) is 2.18. The highest BCUT2D eigenvalue weighted by molar-refractivity contribution is 5.48. The molecule has 0 saturated carbocycles. The largest absolute Gasteiger partial charge is 0.435 e. The van der Waals surface area contributed by atoms with Gasteiger partial charge < -0.3 is 15.8 Å². The summed E-state index contributed by atoms with van der Waals surface area (Å²) in [5.41, 5.74) is 6.08. The van der Waals surface area contributed by atoms with Crippen LogP contribution in [0.15, 0.2) is 24.3 Å². The predicted molar refractivity (Wildman–Crippen MR) is 55.2 cm³/mol. The molecule has 15 heavy (non-hydrogen) atoms. The van der Waals surface area contributed by atoms with Crippen LogP contribution in [0.5, 0.6) is 5.75 Å². The number of rotatable bonds is 6. The van der Waals surface area contributed by atoms with E-state index in [4.69, 9.17) is 5.73 Å². The smallest absolute Gasteiger partial charge is 0.387 e. The summed E-state index contributed by atoms with van der Waals surface area (Å²) in [6.07, 6.45) is 0.833. The van der Waals surface area contributed by atoms with Gasteiger partial charge in [-0.15, -0.1) is 0 Å². The van der Waals surface area contributed by atoms with Gasteiger partial charge in [-0.25, -0.2) is 0 Å². The first kappa shape index (κ1) is 11.7. The van der Waals surface area contributed by atoms with Crippen LogP contribution in [0, 0.1) is 0 Å². The van der Waals surface area contributed by atoms with Crippen LogP contribution < -0.4 is 15.8 Å². The number of anilines is 1. The molecule has 1 aromatic rings. The second kappa shape index (κ2) is 6.19. The number of halogens is 2. The minimum absolute atomic E-state index is 0.155. The molecule has 84 valence electrons. The van der Waals surface area contributed by atoms with Gasteiger partial charge in [0.05, 0.1) is 0 Å². The van der Waals surface area contributed by atoms with Crippen molar-refractivity contribution in [3.8, 4) is 5.75 Å². The molecule has 0 radical (unpaired) electrons. The molecule has 0 aromatic heterocycles. The molecule has 0 unspecified atom stereocenters. The number of ether oxygens (including phenoxy) is 1. The van der Waals surface area contributed by atoms with E-state index in [-0.39, 0.29) is 5.75 Å². The van der Waals surface area contributed by atoms with Gasteiger partial charge in [0.15, 0.2) is 0 Å². The summed E-state index contributed by atoms with van der Waals surface area (Å²) in [5, 5.41) is 3.05. The van der Waals surface area contributed by atoms with Crippen molar-refractivity contribution in [2.45, 2.75) is 13.0 Å². The van der Waals surface area contributed by atoms with E-state index < -0.39 is 6.61 Å². The summed E-state index contributed by atoms with van der Waals surface area (Å²) >= 11 is 0. The van der Waals surface area contributed by atoms with Crippen LogP contribution in [0.2, 0.25) is 0 Å². The lowest BCUT2D eigenvalue weighted by Crippen LogP contribution is -2.08. The Bertz CT molecular complexity index is 295. The topological polar surface area (TPSA) is 47.3 Å². The summed E-state index contributed by atoms with van der Waals surface area (Å²) in [7, 11) is 0. The number of hydrogen-bond acceptors (Lipinski definition) is 3. The molecular formula is C10H14F2N2O. The van der Waals surface area contributed by atoms with E-state index in [1.54, 1.807) is 12.1 Å². The SMILES string of the molecule is NCCCNc1cccc(OC(F)F)c1. The minimum atomic E-state index is -2.79. The van der Waals surface area contributed by atoms with E-state index in [1.807, 2.05) is 0 Å². The Labute approximate surface area is 87.2 Å². The lowest BCUT2D eigenvalue weighted by molar-refractivity contribution is -0.0498. The van der Waals surface area contributed by atoms with Crippen LogP contribution in [0.25, 0.3) is 0 Å². The van der Waals surface area contributed by atoms with Crippen molar-refractivity contribution >= 4 is 5.69 Å². The Kier molecular flexibility index (Phi) is 4.83. The fourth-order valence-electron chi connectivity index (χ4n) is 1.12. The Balaban J connectivity index is 2.50. The van der Waals surface area contributed by atoms with Gasteiger partial charge in [-0.05, 0) is 25.1 Å². The van der Waals surface area contributed by atoms with Crippen LogP contribution in [0.4, 0.5) is 14.5 Å². The second-order valence-electron chi connectivity index (χ2n) is 2.98. The van der Waals surface area contributed by atoms with Crippen LogP contribution in [0.3, 0.4) is 0 Å². The van der Waals surface area contributed by atoms with Gasteiger partial charge in [-0.1, -0.05) is 6.07 Å². The molecule has 0 heterocycles. The van der Waals surface area contributed by atoms with Crippen molar-refractivity contribution in [2.75, 3.05) is 18.4 Å². The maximum absolute atomic E-state index is 11.9. The predicted octanol–water partition coefficient (Wildman–Crippen LogP) is 2.05. The molecule has 0 fully saturated rings. The first-order valence-corrected chi connectivity index (χ1v) is 4.71. The van der Waals surface area contributed by atoms with E-state index >= 15 is 0 Å². The fourth-order valence-corrected chi connectivity index (χ4v) is 1.12. The van der Waals surface area contributed by atoms with Crippen molar-refractivity contribution < 1.29 is 13.5 Å². The first-order chi connectivity index (χ1) is 7.22. The summed E-state index contributed by atoms with van der Waals surface area (Å²) < 4.78 is 28.1. The first-order valence-electron chi connectivity index (χ1n) is 4.71. The van der Waals surface area contributed by atoms with Gasteiger partial charge in [0.2, 0.25) is 0 Å². The minimum Gasteiger partial charge on any atom is -0.435 e. The van der Waals surface area contributed by atoms with Crippen LogP contribution in [0.1, 0.15) is 6.42 Å². The van der Waals surface area contributed by atoms with E-state index in [0.717, 1.165) is 12.1 Å². The van der Waals surface area contributed by atoms with Crippen molar-refractivity contribution in [2.24, 2.45) is 5.73 Å². The quantitative estimate of drug-likeness (QED) is 0.715. The Morgan fingerprint density at radius 2 is 2.20 bits per heavy atom. The fraction of sp³-hybridized carbons (Fsp3) is 0.400. The molecule has 0 spiro atoms. The summed E-state index contributed by atoms with van der Waals surface area (Å²) in [6, 6.07) is 6.46. The van der Waals surface area contributed by atoms with Gasteiger partial charge in [0.25, 0.3) is 0 Å². The van der Waals surface area contributed by atoms with E-state index in [9.17, 15) is 8.78 Å². The highest BCUT2D eigenvalue weighted by Crippen LogP contribution is 2.18. The van der Waals surface area contributed by atoms with Gasteiger partial charge >= 0.3 is 6.61 Å². The van der Waals surface area contributed by atoms with Crippen molar-refractivity contribution in [3.63, 3.8) is 0 Å². The molecule has 5 heteroatoms. The highest BCUT2D eigenvalue weighted by Gasteiger charge is 2.03. The summed E-state index contributed by atoms with van der Waals surface area (Å²) in [4.78, 5) is 0. The molecule has 0 aliphatic carbocycles. The molecule has 1 aromatic carbocycles. The average molecular weight is 216 g/mol. The van der Waals surface area contributed by atoms with Crippen LogP contribution >= 0.6 is 0 Å². The van der Waals surface area contributed by atoms with Crippen molar-refractivity contribution in [3.05, 3.63) is 24.3 Å². The monoisotopic (exact) mass is 216 g/mol. The van der Waals surface area contributed by atoms with Gasteiger partial charge in [0.1, 0.15) is 5.75 Å². The standard InChI is InChI=1S/C10H14F2N2O/c11-10(12)15-9-4-1-3-8(7-9)14-6-2-5-13/h1,3-4,7,10,14H,2,5-6,13H2. The molecule has 3 N–H and O–H groups in total. The molecule has 0 aliphatic rings. The Hall–Kier alpha value is -1.36. The van der Waals surface area contributed by atoms with Gasteiger partial charge in [-0.3, -0.25) is 0 Å². The molecule has 0 amide bonds. The van der Waals surface area contributed by atoms with Crippen molar-refractivity contribution in [1.82, 2.24) is 0 Å². The number of nitrogens with two attached hydrogens (primary N) is 1. The number of benzene rings is 1. The third-order valence-electron chi connectivity index (χ3n) is 1.77. The Morgan fingerprint density at radius 3 is 2.87 bits per heavy atom. The van der Waals surface area contributed by atoms with E-state index in [2.05, 4.69) is 10.1 Å². The third kappa shape index (κ3) is 4.60. The molecule has 0 atom stereocenters. The third-order valence-corrected chi connectivity index (χ3v) is 1.77. The van der Waals surface area contributed by atoms with E-state index in [0.29, 0.717) is 13.1 Å². The second-order valence-corrected chi connectivity index (χ2v) is 2.98. The molecule has 1 rings (SSSR count). The van der Waals surface area contributed by atoms with Gasteiger partial charge in [0, 0.05) is 18.3 Å². The van der Waals surface area contributed by atoms with Crippen LogP contribution in [-0.2, 0) is 0 Å². The molecule has 0 aliphatic heterocycles. The van der Waals surface area contributed by atoms with E-state index in [1.165, 1.54) is 12.1 Å². The zero-order valence-electron chi connectivity index (χ0n) is 8.25. The molecule has 3 nitrogen and oxygen atoms in total. The maximum atomic E-state index is 11.9. The lowest BCUT2D eigenvalue weighted by atomic mass is 10.3. The molecule has 0 bridgehead atoms. The maximum Gasteiger partial charge on any atom is 0.387 e. The number of alkyl halides is 2. The lowest BCUT2D eigenvalue weighted by Gasteiger charge is -2.08. The summed E-state index contributed by atoms with van der Waals surface area (Å²) in [5.74, 6) is 0.155. The van der Waals surface area contributed by atoms with Gasteiger partial charge in [-0.2, -0.15) is 8.78 Å². The molecular weight excluding hydrogens is 202 g/mol. The normalized spacial score (nSPS) is 10.4. The zero-order chi connectivity index (χ0) is 11.1. The zero-order valence-corrected chi connectivity index (χ0v) is 8.25. The summed E-state index contributed by atoms with van der Waals surface area (Å²) in [6.45, 7) is -1.47.